The monoisotopic (exact) mass is 298 g/mol. The van der Waals surface area contributed by atoms with Crippen molar-refractivity contribution in [1.82, 2.24) is 9.97 Å². The molecule has 21 heavy (non-hydrogen) atoms. The van der Waals surface area contributed by atoms with E-state index in [-0.39, 0.29) is 0 Å². The SMILES string of the molecule is CCNc1cc(N(C)CC(O)COC)nc(COCC)n1. The predicted molar refractivity (Wildman–Crippen MR) is 82.7 cm³/mol. The smallest absolute Gasteiger partial charge is 0.158 e. The van der Waals surface area contributed by atoms with E-state index in [1.807, 2.05) is 31.9 Å². The Morgan fingerprint density at radius 3 is 2.76 bits per heavy atom. The summed E-state index contributed by atoms with van der Waals surface area (Å²) in [5, 5.41) is 13.0. The summed E-state index contributed by atoms with van der Waals surface area (Å²) in [7, 11) is 3.44. The van der Waals surface area contributed by atoms with Crippen molar-refractivity contribution in [1.29, 1.82) is 0 Å². The van der Waals surface area contributed by atoms with Gasteiger partial charge in [0.1, 0.15) is 18.2 Å². The van der Waals surface area contributed by atoms with Crippen LogP contribution in [0.4, 0.5) is 11.6 Å². The molecule has 1 aromatic heterocycles. The van der Waals surface area contributed by atoms with Gasteiger partial charge in [-0.05, 0) is 13.8 Å². The molecule has 120 valence electrons. The van der Waals surface area contributed by atoms with Gasteiger partial charge in [-0.25, -0.2) is 9.97 Å². The standard InChI is InChI=1S/C14H26N4O3/c1-5-15-12-7-14(17-13(16-12)10-21-6-2)18(3)8-11(19)9-20-4/h7,11,19H,5-6,8-10H2,1-4H3,(H,15,16,17). The van der Waals surface area contributed by atoms with Crippen molar-refractivity contribution in [2.24, 2.45) is 0 Å². The number of likely N-dealkylation sites (N-methyl/N-ethyl adjacent to an activating group) is 1. The van der Waals surface area contributed by atoms with Gasteiger partial charge in [0.25, 0.3) is 0 Å². The number of hydrogen-bond acceptors (Lipinski definition) is 7. The van der Waals surface area contributed by atoms with Crippen molar-refractivity contribution in [3.8, 4) is 0 Å². The molecule has 0 bridgehead atoms. The van der Waals surface area contributed by atoms with E-state index in [1.165, 1.54) is 0 Å². The first kappa shape index (κ1) is 17.6. The lowest BCUT2D eigenvalue weighted by Crippen LogP contribution is -2.32. The average molecular weight is 298 g/mol. The molecule has 1 heterocycles. The van der Waals surface area contributed by atoms with E-state index in [2.05, 4.69) is 15.3 Å². The topological polar surface area (TPSA) is 79.7 Å². The molecule has 0 aliphatic rings. The highest BCUT2D eigenvalue weighted by Crippen LogP contribution is 2.15. The molecule has 7 heteroatoms. The second kappa shape index (κ2) is 9.49. The summed E-state index contributed by atoms with van der Waals surface area (Å²) in [6.45, 7) is 6.44. The van der Waals surface area contributed by atoms with Gasteiger partial charge in [-0.3, -0.25) is 0 Å². The van der Waals surface area contributed by atoms with E-state index in [4.69, 9.17) is 9.47 Å². The Labute approximate surface area is 126 Å². The van der Waals surface area contributed by atoms with Crippen LogP contribution in [0.3, 0.4) is 0 Å². The summed E-state index contributed by atoms with van der Waals surface area (Å²) in [5.41, 5.74) is 0. The Morgan fingerprint density at radius 1 is 1.38 bits per heavy atom. The molecule has 1 atom stereocenters. The van der Waals surface area contributed by atoms with E-state index in [1.54, 1.807) is 7.11 Å². The molecule has 0 amide bonds. The third-order valence-corrected chi connectivity index (χ3v) is 2.79. The number of nitrogens with zero attached hydrogens (tertiary/aromatic N) is 3. The van der Waals surface area contributed by atoms with Crippen LogP contribution >= 0.6 is 0 Å². The summed E-state index contributed by atoms with van der Waals surface area (Å²) in [6.07, 6.45) is -0.562. The van der Waals surface area contributed by atoms with E-state index in [0.29, 0.717) is 32.2 Å². The number of aliphatic hydroxyl groups excluding tert-OH is 1. The van der Waals surface area contributed by atoms with Crippen LogP contribution in [0.5, 0.6) is 0 Å². The first-order valence-corrected chi connectivity index (χ1v) is 7.18. The zero-order chi connectivity index (χ0) is 15.7. The number of rotatable bonds is 10. The van der Waals surface area contributed by atoms with Crippen molar-refractivity contribution in [3.05, 3.63) is 11.9 Å². The molecule has 1 unspecified atom stereocenters. The van der Waals surface area contributed by atoms with E-state index < -0.39 is 6.10 Å². The molecule has 0 spiro atoms. The average Bonchev–Trinajstić information content (AvgIpc) is 2.45. The normalized spacial score (nSPS) is 12.2. The van der Waals surface area contributed by atoms with Crippen molar-refractivity contribution in [2.75, 3.05) is 50.7 Å². The zero-order valence-electron chi connectivity index (χ0n) is 13.3. The molecule has 2 N–H and O–H groups in total. The summed E-state index contributed by atoms with van der Waals surface area (Å²) >= 11 is 0. The largest absolute Gasteiger partial charge is 0.389 e. The molecule has 7 nitrogen and oxygen atoms in total. The lowest BCUT2D eigenvalue weighted by molar-refractivity contribution is 0.0694. The molecule has 0 aliphatic heterocycles. The summed E-state index contributed by atoms with van der Waals surface area (Å²) < 4.78 is 10.3. The molecule has 0 fully saturated rings. The second-order valence-corrected chi connectivity index (χ2v) is 4.68. The van der Waals surface area contributed by atoms with Crippen LogP contribution in [0.1, 0.15) is 19.7 Å². The van der Waals surface area contributed by atoms with E-state index in [9.17, 15) is 5.11 Å². The van der Waals surface area contributed by atoms with Gasteiger partial charge in [0.05, 0.1) is 12.7 Å². The first-order valence-electron chi connectivity index (χ1n) is 7.18. The molecule has 0 aliphatic carbocycles. The van der Waals surface area contributed by atoms with Gasteiger partial charge in [-0.1, -0.05) is 0 Å². The molecule has 0 radical (unpaired) electrons. The Morgan fingerprint density at radius 2 is 2.14 bits per heavy atom. The Bertz CT molecular complexity index is 417. The fourth-order valence-corrected chi connectivity index (χ4v) is 1.86. The predicted octanol–water partition coefficient (Wildman–Crippen LogP) is 0.888. The summed E-state index contributed by atoms with van der Waals surface area (Å²) in [6, 6.07) is 1.86. The van der Waals surface area contributed by atoms with Crippen LogP contribution in [0.2, 0.25) is 0 Å². The number of ether oxygens (including phenoxy) is 2. The van der Waals surface area contributed by atoms with Crippen LogP contribution in [0.15, 0.2) is 6.07 Å². The Balaban J connectivity index is 2.84. The van der Waals surface area contributed by atoms with Gasteiger partial charge in [0, 0.05) is 39.9 Å². The van der Waals surface area contributed by atoms with Gasteiger partial charge >= 0.3 is 0 Å². The Hall–Kier alpha value is -1.44. The van der Waals surface area contributed by atoms with Crippen molar-refractivity contribution in [3.63, 3.8) is 0 Å². The lowest BCUT2D eigenvalue weighted by atomic mass is 10.3. The van der Waals surface area contributed by atoms with Gasteiger partial charge in [-0.15, -0.1) is 0 Å². The van der Waals surface area contributed by atoms with Crippen molar-refractivity contribution < 1.29 is 14.6 Å². The quantitative estimate of drug-likeness (QED) is 0.664. The Kier molecular flexibility index (Phi) is 7.96. The second-order valence-electron chi connectivity index (χ2n) is 4.68. The fraction of sp³-hybridized carbons (Fsp3) is 0.714. The first-order chi connectivity index (χ1) is 10.1. The van der Waals surface area contributed by atoms with E-state index in [0.717, 1.165) is 18.2 Å². The van der Waals surface area contributed by atoms with Gasteiger partial charge in [0.2, 0.25) is 0 Å². The highest BCUT2D eigenvalue weighted by molar-refractivity contribution is 5.49. The maximum Gasteiger partial charge on any atom is 0.158 e. The molecule has 1 aromatic rings. The van der Waals surface area contributed by atoms with Gasteiger partial charge in [-0.2, -0.15) is 0 Å². The van der Waals surface area contributed by atoms with Crippen LogP contribution in [0, 0.1) is 0 Å². The summed E-state index contributed by atoms with van der Waals surface area (Å²) in [5.74, 6) is 2.12. The maximum absolute atomic E-state index is 9.81. The third-order valence-electron chi connectivity index (χ3n) is 2.79. The minimum Gasteiger partial charge on any atom is -0.389 e. The molecule has 0 saturated heterocycles. The lowest BCUT2D eigenvalue weighted by Gasteiger charge is -2.22. The number of anilines is 2. The molecule has 0 aromatic carbocycles. The van der Waals surface area contributed by atoms with Crippen molar-refractivity contribution in [2.45, 2.75) is 26.6 Å². The minimum absolute atomic E-state index is 0.293. The van der Waals surface area contributed by atoms with Crippen LogP contribution in [-0.2, 0) is 16.1 Å². The van der Waals surface area contributed by atoms with E-state index >= 15 is 0 Å². The van der Waals surface area contributed by atoms with Crippen molar-refractivity contribution >= 4 is 11.6 Å². The maximum atomic E-state index is 9.81. The van der Waals surface area contributed by atoms with Gasteiger partial charge in [0.15, 0.2) is 5.82 Å². The molecular weight excluding hydrogens is 272 g/mol. The van der Waals surface area contributed by atoms with Crippen LogP contribution < -0.4 is 10.2 Å². The number of aliphatic hydroxyl groups is 1. The minimum atomic E-state index is -0.562. The highest BCUT2D eigenvalue weighted by Gasteiger charge is 2.12. The number of nitrogens with one attached hydrogen (secondary N) is 1. The third kappa shape index (κ3) is 6.24. The van der Waals surface area contributed by atoms with Crippen LogP contribution in [0.25, 0.3) is 0 Å². The molecule has 1 rings (SSSR count). The number of aromatic nitrogens is 2. The highest BCUT2D eigenvalue weighted by atomic mass is 16.5. The number of methoxy groups -OCH3 is 1. The fourth-order valence-electron chi connectivity index (χ4n) is 1.86. The van der Waals surface area contributed by atoms with Gasteiger partial charge < -0.3 is 24.8 Å². The number of hydrogen-bond donors (Lipinski definition) is 2. The summed E-state index contributed by atoms with van der Waals surface area (Å²) in [4.78, 5) is 10.7. The molecular formula is C14H26N4O3. The van der Waals surface area contributed by atoms with Crippen LogP contribution in [-0.4, -0.2) is 61.6 Å². The zero-order valence-corrected chi connectivity index (χ0v) is 13.3. The molecule has 0 saturated carbocycles.